The Labute approximate surface area is 229 Å². The third-order valence-corrected chi connectivity index (χ3v) is 9.91. The summed E-state index contributed by atoms with van der Waals surface area (Å²) in [6.07, 6.45) is 9.03. The van der Waals surface area contributed by atoms with Gasteiger partial charge in [-0.15, -0.1) is 23.7 Å². The number of rotatable bonds is 8. The van der Waals surface area contributed by atoms with E-state index in [1.54, 1.807) is 23.5 Å². The van der Waals surface area contributed by atoms with Crippen LogP contribution in [0.1, 0.15) is 43.4 Å². The van der Waals surface area contributed by atoms with Crippen molar-refractivity contribution in [2.24, 2.45) is 0 Å². The number of hydrogen-bond donors (Lipinski definition) is 1. The van der Waals surface area contributed by atoms with Gasteiger partial charge in [-0.05, 0) is 93.2 Å². The molecule has 0 radical (unpaired) electrons. The number of phenolic OH excluding ortho intramolecular Hbond substituents is 1. The third-order valence-electron chi connectivity index (χ3n) is 7.06. The molecule has 2 aromatic carbocycles. The lowest BCUT2D eigenvalue weighted by Crippen LogP contribution is -2.33. The average Bonchev–Trinajstić information content (AvgIpc) is 3.22. The van der Waals surface area contributed by atoms with Crippen LogP contribution in [-0.4, -0.2) is 56.2 Å². The van der Waals surface area contributed by atoms with Crippen molar-refractivity contribution in [1.82, 2.24) is 4.90 Å². The minimum Gasteiger partial charge on any atom is -0.508 e. The SMILES string of the molecule is CS(=O)(=O)C1CC=C(c2sc3cc(O)ccc3c2Oc2ccc(OCCN3CCCCC3)cc2)CC1.Cl. The predicted octanol–water partition coefficient (Wildman–Crippen LogP) is 6.67. The second-order valence-electron chi connectivity index (χ2n) is 9.72. The zero-order valence-electron chi connectivity index (χ0n) is 21.0. The lowest BCUT2D eigenvalue weighted by Gasteiger charge is -2.26. The van der Waals surface area contributed by atoms with E-state index in [2.05, 4.69) is 4.90 Å². The minimum absolute atomic E-state index is 0. The Balaban J connectivity index is 0.00000320. The van der Waals surface area contributed by atoms with E-state index in [1.807, 2.05) is 36.4 Å². The number of allylic oxidation sites excluding steroid dienone is 2. The van der Waals surface area contributed by atoms with Crippen LogP contribution in [0.3, 0.4) is 0 Å². The van der Waals surface area contributed by atoms with Gasteiger partial charge in [-0.2, -0.15) is 0 Å². The zero-order chi connectivity index (χ0) is 25.1. The van der Waals surface area contributed by atoms with Crippen LogP contribution in [-0.2, 0) is 9.84 Å². The highest BCUT2D eigenvalue weighted by Crippen LogP contribution is 2.47. The predicted molar refractivity (Wildman–Crippen MR) is 153 cm³/mol. The van der Waals surface area contributed by atoms with Gasteiger partial charge in [-0.1, -0.05) is 12.5 Å². The van der Waals surface area contributed by atoms with Gasteiger partial charge < -0.3 is 14.6 Å². The molecule has 1 aromatic heterocycles. The number of nitrogens with zero attached hydrogens (tertiary/aromatic N) is 1. The molecule has 0 saturated carbocycles. The topological polar surface area (TPSA) is 76.1 Å². The number of sulfone groups is 1. The van der Waals surface area contributed by atoms with Crippen molar-refractivity contribution in [3.63, 3.8) is 0 Å². The Kier molecular flexibility index (Phi) is 9.06. The number of phenols is 1. The van der Waals surface area contributed by atoms with Crippen LogP contribution >= 0.6 is 23.7 Å². The first-order valence-corrected chi connectivity index (χ1v) is 15.4. The lowest BCUT2D eigenvalue weighted by atomic mass is 9.97. The fraction of sp³-hybridized carbons (Fsp3) is 0.429. The highest BCUT2D eigenvalue weighted by Gasteiger charge is 2.26. The van der Waals surface area contributed by atoms with Crippen molar-refractivity contribution < 1.29 is 23.0 Å². The Bertz CT molecular complexity index is 1340. The monoisotopic (exact) mass is 563 g/mol. The van der Waals surface area contributed by atoms with Crippen LogP contribution in [0.2, 0.25) is 0 Å². The van der Waals surface area contributed by atoms with E-state index in [0.29, 0.717) is 31.6 Å². The Morgan fingerprint density at radius 2 is 1.78 bits per heavy atom. The van der Waals surface area contributed by atoms with Crippen molar-refractivity contribution in [1.29, 1.82) is 0 Å². The van der Waals surface area contributed by atoms with E-state index in [0.717, 1.165) is 51.7 Å². The molecule has 1 N–H and O–H groups in total. The van der Waals surface area contributed by atoms with Gasteiger partial charge in [0.05, 0.1) is 10.1 Å². The molecule has 2 aliphatic rings. The number of aromatic hydroxyl groups is 1. The van der Waals surface area contributed by atoms with Crippen LogP contribution in [0.5, 0.6) is 23.0 Å². The van der Waals surface area contributed by atoms with Crippen LogP contribution in [0.15, 0.2) is 48.5 Å². The van der Waals surface area contributed by atoms with Gasteiger partial charge in [0.25, 0.3) is 0 Å². The minimum atomic E-state index is -3.06. The number of likely N-dealkylation sites (tertiary alicyclic amines) is 1. The third kappa shape index (κ3) is 6.79. The number of thiophene rings is 1. The molecule has 1 unspecified atom stereocenters. The number of hydrogen-bond acceptors (Lipinski definition) is 7. The lowest BCUT2D eigenvalue weighted by molar-refractivity contribution is 0.183. The molecule has 1 atom stereocenters. The summed E-state index contributed by atoms with van der Waals surface area (Å²) in [5.74, 6) is 2.49. The summed E-state index contributed by atoms with van der Waals surface area (Å²) in [7, 11) is -3.06. The molecule has 2 heterocycles. The van der Waals surface area contributed by atoms with Gasteiger partial charge in [0.1, 0.15) is 23.9 Å². The van der Waals surface area contributed by atoms with E-state index >= 15 is 0 Å². The molecule has 0 bridgehead atoms. The summed E-state index contributed by atoms with van der Waals surface area (Å²) in [6, 6.07) is 13.0. The Morgan fingerprint density at radius 1 is 1.05 bits per heavy atom. The molecule has 6 nitrogen and oxygen atoms in total. The number of benzene rings is 2. The first-order chi connectivity index (χ1) is 17.4. The van der Waals surface area contributed by atoms with Gasteiger partial charge in [0.2, 0.25) is 0 Å². The summed E-state index contributed by atoms with van der Waals surface area (Å²) in [4.78, 5) is 3.45. The number of fused-ring (bicyclic) bond motifs is 1. The largest absolute Gasteiger partial charge is 0.508 e. The molecular formula is C28H34ClNO5S2. The standard InChI is InChI=1S/C28H33NO5S2.ClH/c1-36(31,32)24-12-5-20(6-13-24)28-27(25-14-7-21(30)19-26(25)35-28)34-23-10-8-22(9-11-23)33-18-17-29-15-3-2-4-16-29;/h5,7-11,14,19,24,30H,2-4,6,12-13,15-18H2,1H3;1H. The fourth-order valence-electron chi connectivity index (χ4n) is 4.98. The van der Waals surface area contributed by atoms with Gasteiger partial charge >= 0.3 is 0 Å². The maximum absolute atomic E-state index is 12.0. The molecule has 1 fully saturated rings. The molecule has 37 heavy (non-hydrogen) atoms. The highest BCUT2D eigenvalue weighted by atomic mass is 35.5. The quantitative estimate of drug-likeness (QED) is 0.330. The van der Waals surface area contributed by atoms with Crippen molar-refractivity contribution in [3.8, 4) is 23.0 Å². The second-order valence-corrected chi connectivity index (χ2v) is 13.1. The second kappa shape index (κ2) is 12.1. The molecule has 9 heteroatoms. The van der Waals surface area contributed by atoms with Crippen molar-refractivity contribution in [3.05, 3.63) is 53.4 Å². The number of halogens is 1. The molecule has 0 spiro atoms. The van der Waals surface area contributed by atoms with E-state index < -0.39 is 9.84 Å². The molecule has 1 aliphatic heterocycles. The molecule has 5 rings (SSSR count). The van der Waals surface area contributed by atoms with Crippen molar-refractivity contribution >= 4 is 49.2 Å². The van der Waals surface area contributed by atoms with Crippen LogP contribution in [0, 0.1) is 0 Å². The fourth-order valence-corrected chi connectivity index (χ4v) is 7.20. The van der Waals surface area contributed by atoms with Gasteiger partial charge in [-0.25, -0.2) is 8.42 Å². The molecule has 3 aromatic rings. The van der Waals surface area contributed by atoms with Crippen LogP contribution < -0.4 is 9.47 Å². The van der Waals surface area contributed by atoms with E-state index in [1.165, 1.54) is 25.5 Å². The smallest absolute Gasteiger partial charge is 0.153 e. The number of piperidine rings is 1. The van der Waals surface area contributed by atoms with Gasteiger partial charge in [0, 0.05) is 22.9 Å². The maximum atomic E-state index is 12.0. The van der Waals surface area contributed by atoms with Crippen LogP contribution in [0.4, 0.5) is 0 Å². The molecule has 200 valence electrons. The average molecular weight is 564 g/mol. The summed E-state index contributed by atoms with van der Waals surface area (Å²) >= 11 is 1.57. The van der Waals surface area contributed by atoms with Crippen molar-refractivity contribution in [2.75, 3.05) is 32.5 Å². The van der Waals surface area contributed by atoms with Crippen molar-refractivity contribution in [2.45, 2.75) is 43.8 Å². The molecule has 0 amide bonds. The number of ether oxygens (including phenoxy) is 2. The Morgan fingerprint density at radius 3 is 2.46 bits per heavy atom. The van der Waals surface area contributed by atoms with E-state index in [4.69, 9.17) is 9.47 Å². The maximum Gasteiger partial charge on any atom is 0.153 e. The van der Waals surface area contributed by atoms with Gasteiger partial charge in [0.15, 0.2) is 15.6 Å². The zero-order valence-corrected chi connectivity index (χ0v) is 23.5. The highest BCUT2D eigenvalue weighted by molar-refractivity contribution is 7.91. The van der Waals surface area contributed by atoms with E-state index in [-0.39, 0.29) is 23.4 Å². The summed E-state index contributed by atoms with van der Waals surface area (Å²) in [6.45, 7) is 3.95. The summed E-state index contributed by atoms with van der Waals surface area (Å²) < 4.78 is 37.3. The summed E-state index contributed by atoms with van der Waals surface area (Å²) in [5, 5.41) is 10.6. The van der Waals surface area contributed by atoms with Gasteiger partial charge in [-0.3, -0.25) is 4.90 Å². The van der Waals surface area contributed by atoms with E-state index in [9.17, 15) is 13.5 Å². The summed E-state index contributed by atoms with van der Waals surface area (Å²) in [5.41, 5.74) is 1.10. The molecular weight excluding hydrogens is 530 g/mol. The first kappa shape index (κ1) is 27.8. The normalized spacial score (nSPS) is 18.7. The Hall–Kier alpha value is -2.26. The molecule has 1 aliphatic carbocycles. The van der Waals surface area contributed by atoms with Crippen LogP contribution in [0.25, 0.3) is 15.7 Å². The molecule has 1 saturated heterocycles. The first-order valence-electron chi connectivity index (χ1n) is 12.6.